The number of rotatable bonds is 2. The summed E-state index contributed by atoms with van der Waals surface area (Å²) in [5.74, 6) is -0.0458. The number of nitrogens with zero attached hydrogens (tertiary/aromatic N) is 1. The van der Waals surface area contributed by atoms with Gasteiger partial charge in [-0.25, -0.2) is 0 Å². The molecule has 0 aromatic heterocycles. The number of hydrogen-bond donors (Lipinski definition) is 2. The zero-order valence-corrected chi connectivity index (χ0v) is 8.16. The first-order valence-electron chi connectivity index (χ1n) is 4.82. The number of hydrogen-bond acceptors (Lipinski definition) is 3. The van der Waals surface area contributed by atoms with Crippen molar-refractivity contribution in [2.24, 2.45) is 0 Å². The molecule has 4 heteroatoms. The minimum atomic E-state index is -0.221. The first-order chi connectivity index (χ1) is 7.31. The SMILES string of the molecule is N#CNC(=O)CC1CNc2ccccc21. The fraction of sp³-hybridized carbons (Fsp3) is 0.273. The molecular formula is C11H11N3O. The van der Waals surface area contributed by atoms with Crippen molar-refractivity contribution in [3.05, 3.63) is 29.8 Å². The first-order valence-corrected chi connectivity index (χ1v) is 4.82. The normalized spacial score (nSPS) is 17.4. The summed E-state index contributed by atoms with van der Waals surface area (Å²) in [6, 6.07) is 7.93. The molecule has 1 unspecified atom stereocenters. The molecule has 1 aliphatic rings. The molecule has 1 aromatic rings. The van der Waals surface area contributed by atoms with Gasteiger partial charge in [-0.1, -0.05) is 18.2 Å². The lowest BCUT2D eigenvalue weighted by Gasteiger charge is -2.07. The van der Waals surface area contributed by atoms with Crippen LogP contribution in [0.3, 0.4) is 0 Å². The van der Waals surface area contributed by atoms with Crippen molar-refractivity contribution in [2.45, 2.75) is 12.3 Å². The van der Waals surface area contributed by atoms with E-state index in [1.807, 2.05) is 24.3 Å². The van der Waals surface area contributed by atoms with Crippen LogP contribution < -0.4 is 10.6 Å². The van der Waals surface area contributed by atoms with Gasteiger partial charge in [0, 0.05) is 24.6 Å². The van der Waals surface area contributed by atoms with Gasteiger partial charge in [-0.15, -0.1) is 0 Å². The van der Waals surface area contributed by atoms with Crippen molar-refractivity contribution in [3.63, 3.8) is 0 Å². The molecule has 1 aromatic carbocycles. The molecule has 15 heavy (non-hydrogen) atoms. The van der Waals surface area contributed by atoms with Gasteiger partial charge < -0.3 is 5.32 Å². The maximum Gasteiger partial charge on any atom is 0.233 e. The average Bonchev–Trinajstić information content (AvgIpc) is 2.62. The van der Waals surface area contributed by atoms with Crippen LogP contribution in [-0.2, 0) is 4.79 Å². The van der Waals surface area contributed by atoms with Crippen molar-refractivity contribution in [3.8, 4) is 6.19 Å². The lowest BCUT2D eigenvalue weighted by molar-refractivity contribution is -0.120. The van der Waals surface area contributed by atoms with Crippen LogP contribution in [0.15, 0.2) is 24.3 Å². The molecule has 0 aliphatic carbocycles. The highest BCUT2D eigenvalue weighted by molar-refractivity contribution is 5.79. The van der Waals surface area contributed by atoms with E-state index in [1.54, 1.807) is 6.19 Å². The summed E-state index contributed by atoms with van der Waals surface area (Å²) in [6.07, 6.45) is 2.00. The summed E-state index contributed by atoms with van der Waals surface area (Å²) in [6.45, 7) is 0.762. The number of para-hydroxylation sites is 1. The summed E-state index contributed by atoms with van der Waals surface area (Å²) in [5, 5.41) is 13.7. The third kappa shape index (κ3) is 1.91. The minimum Gasteiger partial charge on any atom is -0.384 e. The van der Waals surface area contributed by atoms with E-state index in [-0.39, 0.29) is 11.8 Å². The Bertz CT molecular complexity index is 422. The molecular weight excluding hydrogens is 190 g/mol. The molecule has 0 spiro atoms. The van der Waals surface area contributed by atoms with Crippen LogP contribution in [0.25, 0.3) is 0 Å². The van der Waals surface area contributed by atoms with Crippen LogP contribution in [0.5, 0.6) is 0 Å². The Morgan fingerprint density at radius 1 is 1.60 bits per heavy atom. The van der Waals surface area contributed by atoms with Gasteiger partial charge in [0.1, 0.15) is 0 Å². The van der Waals surface area contributed by atoms with Gasteiger partial charge in [0.2, 0.25) is 5.91 Å². The number of benzene rings is 1. The quantitative estimate of drug-likeness (QED) is 0.558. The van der Waals surface area contributed by atoms with Crippen molar-refractivity contribution >= 4 is 11.6 Å². The molecule has 0 bridgehead atoms. The number of carbonyl (C=O) groups is 1. The minimum absolute atomic E-state index is 0.176. The molecule has 0 saturated carbocycles. The summed E-state index contributed by atoms with van der Waals surface area (Å²) >= 11 is 0. The highest BCUT2D eigenvalue weighted by Gasteiger charge is 2.23. The number of carbonyl (C=O) groups excluding carboxylic acids is 1. The van der Waals surface area contributed by atoms with E-state index in [4.69, 9.17) is 5.26 Å². The second kappa shape index (κ2) is 4.01. The van der Waals surface area contributed by atoms with Gasteiger partial charge in [0.15, 0.2) is 6.19 Å². The molecule has 0 saturated heterocycles. The van der Waals surface area contributed by atoms with E-state index in [9.17, 15) is 4.79 Å². The van der Waals surface area contributed by atoms with E-state index in [2.05, 4.69) is 10.6 Å². The van der Waals surface area contributed by atoms with E-state index < -0.39 is 0 Å². The average molecular weight is 201 g/mol. The molecule has 1 heterocycles. The Kier molecular flexibility index (Phi) is 2.55. The van der Waals surface area contributed by atoms with Crippen molar-refractivity contribution in [1.29, 1.82) is 5.26 Å². The Morgan fingerprint density at radius 2 is 2.40 bits per heavy atom. The van der Waals surface area contributed by atoms with E-state index in [0.29, 0.717) is 6.42 Å². The largest absolute Gasteiger partial charge is 0.384 e. The Labute approximate surface area is 87.9 Å². The Morgan fingerprint density at radius 3 is 3.20 bits per heavy atom. The van der Waals surface area contributed by atoms with Gasteiger partial charge in [0.05, 0.1) is 0 Å². The second-order valence-electron chi connectivity index (χ2n) is 3.53. The number of fused-ring (bicyclic) bond motifs is 1. The highest BCUT2D eigenvalue weighted by atomic mass is 16.1. The monoisotopic (exact) mass is 201 g/mol. The van der Waals surface area contributed by atoms with Crippen LogP contribution >= 0.6 is 0 Å². The summed E-state index contributed by atoms with van der Waals surface area (Å²) < 4.78 is 0. The van der Waals surface area contributed by atoms with E-state index in [0.717, 1.165) is 17.8 Å². The third-order valence-electron chi connectivity index (χ3n) is 2.57. The highest BCUT2D eigenvalue weighted by Crippen LogP contribution is 2.32. The fourth-order valence-electron chi connectivity index (χ4n) is 1.88. The summed E-state index contributed by atoms with van der Waals surface area (Å²) in [5.41, 5.74) is 2.25. The van der Waals surface area contributed by atoms with Crippen LogP contribution in [0.4, 0.5) is 5.69 Å². The molecule has 2 N–H and O–H groups in total. The molecule has 4 nitrogen and oxygen atoms in total. The second-order valence-corrected chi connectivity index (χ2v) is 3.53. The van der Waals surface area contributed by atoms with Gasteiger partial charge in [-0.05, 0) is 11.6 Å². The van der Waals surface area contributed by atoms with Crippen LogP contribution in [0.1, 0.15) is 17.9 Å². The van der Waals surface area contributed by atoms with Gasteiger partial charge >= 0.3 is 0 Å². The van der Waals surface area contributed by atoms with Gasteiger partial charge in [-0.3, -0.25) is 10.1 Å². The molecule has 1 aliphatic heterocycles. The van der Waals surface area contributed by atoms with Crippen molar-refractivity contribution < 1.29 is 4.79 Å². The number of anilines is 1. The van der Waals surface area contributed by atoms with Crippen molar-refractivity contribution in [1.82, 2.24) is 5.32 Å². The van der Waals surface area contributed by atoms with Crippen LogP contribution in [0.2, 0.25) is 0 Å². The van der Waals surface area contributed by atoms with E-state index >= 15 is 0 Å². The zero-order chi connectivity index (χ0) is 10.7. The standard InChI is InChI=1S/C11H11N3O/c12-7-14-11(15)5-8-6-13-10-4-2-1-3-9(8)10/h1-4,8,13H,5-6H2,(H,14,15). The Hall–Kier alpha value is -2.02. The number of nitriles is 1. The molecule has 0 radical (unpaired) electrons. The summed E-state index contributed by atoms with van der Waals surface area (Å²) in [4.78, 5) is 11.2. The van der Waals surface area contributed by atoms with Crippen molar-refractivity contribution in [2.75, 3.05) is 11.9 Å². The van der Waals surface area contributed by atoms with E-state index in [1.165, 1.54) is 0 Å². The molecule has 0 fully saturated rings. The van der Waals surface area contributed by atoms with Crippen LogP contribution in [0, 0.1) is 11.5 Å². The molecule has 1 atom stereocenters. The lowest BCUT2D eigenvalue weighted by atomic mass is 9.98. The molecule has 1 amide bonds. The first kappa shape index (κ1) is 9.53. The maximum atomic E-state index is 11.2. The topological polar surface area (TPSA) is 64.9 Å². The maximum absolute atomic E-state index is 11.2. The smallest absolute Gasteiger partial charge is 0.233 e. The third-order valence-corrected chi connectivity index (χ3v) is 2.57. The predicted molar refractivity (Wildman–Crippen MR) is 56.0 cm³/mol. The summed E-state index contributed by atoms with van der Waals surface area (Å²) in [7, 11) is 0. The molecule has 2 rings (SSSR count). The lowest BCUT2D eigenvalue weighted by Crippen LogP contribution is -2.20. The number of nitrogens with one attached hydrogen (secondary N) is 2. The van der Waals surface area contributed by atoms with Gasteiger partial charge in [0.25, 0.3) is 0 Å². The fourth-order valence-corrected chi connectivity index (χ4v) is 1.88. The predicted octanol–water partition coefficient (Wildman–Crippen LogP) is 1.18. The molecule has 76 valence electrons. The Balaban J connectivity index is 2.08. The zero-order valence-electron chi connectivity index (χ0n) is 8.16. The van der Waals surface area contributed by atoms with Gasteiger partial charge in [-0.2, -0.15) is 5.26 Å². The number of amides is 1. The van der Waals surface area contributed by atoms with Crippen LogP contribution in [-0.4, -0.2) is 12.5 Å².